The van der Waals surface area contributed by atoms with E-state index in [4.69, 9.17) is 16.9 Å². The van der Waals surface area contributed by atoms with Gasteiger partial charge in [-0.05, 0) is 6.07 Å². The Kier molecular flexibility index (Phi) is 2.19. The zero-order chi connectivity index (χ0) is 7.40. The number of hydrogen-bond acceptors (Lipinski definition) is 3. The van der Waals surface area contributed by atoms with Crippen LogP contribution in [0.4, 0.5) is 0 Å². The first-order valence-electron chi connectivity index (χ1n) is 2.67. The Hall–Kier alpha value is -1.14. The molecule has 3 nitrogen and oxygen atoms in total. The molecule has 0 atom stereocenters. The highest BCUT2D eigenvalue weighted by Crippen LogP contribution is 2.10. The van der Waals surface area contributed by atoms with Gasteiger partial charge in [-0.3, -0.25) is 0 Å². The van der Waals surface area contributed by atoms with Gasteiger partial charge in [0.05, 0.1) is 29.4 Å². The molecule has 50 valence electrons. The molecule has 0 saturated carbocycles. The highest BCUT2D eigenvalue weighted by molar-refractivity contribution is 6.31. The van der Waals surface area contributed by atoms with Crippen molar-refractivity contribution in [3.05, 3.63) is 23.0 Å². The number of nitriles is 1. The summed E-state index contributed by atoms with van der Waals surface area (Å²) in [4.78, 5) is 0. The van der Waals surface area contributed by atoms with E-state index >= 15 is 0 Å². The quantitative estimate of drug-likeness (QED) is 0.609. The van der Waals surface area contributed by atoms with Crippen molar-refractivity contribution in [3.63, 3.8) is 0 Å². The molecular weight excluding hydrogens is 150 g/mol. The van der Waals surface area contributed by atoms with Gasteiger partial charge in [0.15, 0.2) is 0 Å². The van der Waals surface area contributed by atoms with Crippen LogP contribution in [0.2, 0.25) is 5.02 Å². The Morgan fingerprint density at radius 3 is 3.10 bits per heavy atom. The van der Waals surface area contributed by atoms with E-state index in [2.05, 4.69) is 10.2 Å². The Labute approximate surface area is 63.3 Å². The van der Waals surface area contributed by atoms with Gasteiger partial charge in [-0.25, -0.2) is 0 Å². The second-order valence-electron chi connectivity index (χ2n) is 1.66. The van der Waals surface area contributed by atoms with Crippen molar-refractivity contribution >= 4 is 11.6 Å². The standard InChI is InChI=1S/C6H4ClN3/c7-5-2-4-9-10-6(5)1-3-8/h2,4H,1H2. The Morgan fingerprint density at radius 1 is 1.70 bits per heavy atom. The van der Waals surface area contributed by atoms with Crippen LogP contribution in [-0.2, 0) is 6.42 Å². The smallest absolute Gasteiger partial charge is 0.0957 e. The average molecular weight is 154 g/mol. The summed E-state index contributed by atoms with van der Waals surface area (Å²) in [5, 5.41) is 16.0. The maximum Gasteiger partial charge on any atom is 0.0957 e. The monoisotopic (exact) mass is 153 g/mol. The van der Waals surface area contributed by atoms with Gasteiger partial charge < -0.3 is 0 Å². The van der Waals surface area contributed by atoms with Crippen LogP contribution in [0.5, 0.6) is 0 Å². The van der Waals surface area contributed by atoms with E-state index in [1.807, 2.05) is 6.07 Å². The molecule has 0 amide bonds. The van der Waals surface area contributed by atoms with Crippen LogP contribution in [0.25, 0.3) is 0 Å². The Balaban J connectivity index is 2.94. The van der Waals surface area contributed by atoms with E-state index in [0.29, 0.717) is 10.7 Å². The summed E-state index contributed by atoms with van der Waals surface area (Å²) < 4.78 is 0. The fourth-order valence-electron chi connectivity index (χ4n) is 0.540. The molecule has 0 spiro atoms. The Bertz CT molecular complexity index is 266. The van der Waals surface area contributed by atoms with E-state index in [0.717, 1.165) is 0 Å². The largest absolute Gasteiger partial charge is 0.198 e. The third-order valence-electron chi connectivity index (χ3n) is 0.988. The summed E-state index contributed by atoms with van der Waals surface area (Å²) in [5.41, 5.74) is 0.534. The minimum absolute atomic E-state index is 0.215. The van der Waals surface area contributed by atoms with Crippen LogP contribution >= 0.6 is 11.6 Å². The fraction of sp³-hybridized carbons (Fsp3) is 0.167. The minimum atomic E-state index is 0.215. The molecule has 0 unspecified atom stereocenters. The normalized spacial score (nSPS) is 8.80. The number of rotatable bonds is 1. The molecule has 1 aromatic heterocycles. The van der Waals surface area contributed by atoms with Crippen molar-refractivity contribution in [1.82, 2.24) is 10.2 Å². The van der Waals surface area contributed by atoms with Crippen molar-refractivity contribution in [1.29, 1.82) is 5.26 Å². The van der Waals surface area contributed by atoms with Crippen molar-refractivity contribution in [3.8, 4) is 6.07 Å². The molecule has 0 saturated heterocycles. The van der Waals surface area contributed by atoms with Crippen LogP contribution in [0.3, 0.4) is 0 Å². The summed E-state index contributed by atoms with van der Waals surface area (Å²) in [7, 11) is 0. The van der Waals surface area contributed by atoms with E-state index < -0.39 is 0 Å². The Morgan fingerprint density at radius 2 is 2.50 bits per heavy atom. The van der Waals surface area contributed by atoms with Crippen LogP contribution in [0.15, 0.2) is 12.3 Å². The van der Waals surface area contributed by atoms with E-state index in [1.54, 1.807) is 6.07 Å². The van der Waals surface area contributed by atoms with Gasteiger partial charge in [0.2, 0.25) is 0 Å². The SMILES string of the molecule is N#CCc1nnccc1Cl. The summed E-state index contributed by atoms with van der Waals surface area (Å²) >= 11 is 5.65. The highest BCUT2D eigenvalue weighted by atomic mass is 35.5. The average Bonchev–Trinajstić information content (AvgIpc) is 1.94. The van der Waals surface area contributed by atoms with Gasteiger partial charge in [0.1, 0.15) is 0 Å². The molecular formula is C6H4ClN3. The molecule has 4 heteroatoms. The summed E-state index contributed by atoms with van der Waals surface area (Å²) in [6.45, 7) is 0. The summed E-state index contributed by atoms with van der Waals surface area (Å²) in [5.74, 6) is 0. The third kappa shape index (κ3) is 1.42. The highest BCUT2D eigenvalue weighted by Gasteiger charge is 1.98. The minimum Gasteiger partial charge on any atom is -0.198 e. The molecule has 0 aromatic carbocycles. The molecule has 10 heavy (non-hydrogen) atoms. The number of halogens is 1. The molecule has 1 aromatic rings. The molecule has 0 aliphatic rings. The van der Waals surface area contributed by atoms with Gasteiger partial charge in [0, 0.05) is 0 Å². The molecule has 0 aliphatic carbocycles. The lowest BCUT2D eigenvalue weighted by Gasteiger charge is -1.92. The lowest BCUT2D eigenvalue weighted by atomic mass is 10.3. The van der Waals surface area contributed by atoms with E-state index in [1.165, 1.54) is 6.20 Å². The van der Waals surface area contributed by atoms with Crippen LogP contribution in [-0.4, -0.2) is 10.2 Å². The van der Waals surface area contributed by atoms with Gasteiger partial charge in [0.25, 0.3) is 0 Å². The maximum absolute atomic E-state index is 8.27. The van der Waals surface area contributed by atoms with Crippen LogP contribution in [0.1, 0.15) is 5.69 Å². The first kappa shape index (κ1) is 6.97. The number of nitrogens with zero attached hydrogens (tertiary/aromatic N) is 3. The predicted octanol–water partition coefficient (Wildman–Crippen LogP) is 1.20. The summed E-state index contributed by atoms with van der Waals surface area (Å²) in [6.07, 6.45) is 1.70. The zero-order valence-electron chi connectivity index (χ0n) is 5.08. The van der Waals surface area contributed by atoms with Crippen molar-refractivity contribution in [2.24, 2.45) is 0 Å². The number of hydrogen-bond donors (Lipinski definition) is 0. The lowest BCUT2D eigenvalue weighted by Crippen LogP contribution is -1.90. The van der Waals surface area contributed by atoms with Crippen LogP contribution in [0, 0.1) is 11.3 Å². The first-order chi connectivity index (χ1) is 4.84. The molecule has 0 aliphatic heterocycles. The van der Waals surface area contributed by atoms with Crippen molar-refractivity contribution in [2.45, 2.75) is 6.42 Å². The van der Waals surface area contributed by atoms with Crippen LogP contribution < -0.4 is 0 Å². The fourth-order valence-corrected chi connectivity index (χ4v) is 0.701. The van der Waals surface area contributed by atoms with Gasteiger partial charge >= 0.3 is 0 Å². The lowest BCUT2D eigenvalue weighted by molar-refractivity contribution is 0.952. The molecule has 0 N–H and O–H groups in total. The molecule has 0 fully saturated rings. The first-order valence-corrected chi connectivity index (χ1v) is 3.05. The molecule has 1 rings (SSSR count). The third-order valence-corrected chi connectivity index (χ3v) is 1.33. The van der Waals surface area contributed by atoms with Gasteiger partial charge in [-0.15, -0.1) is 0 Å². The zero-order valence-corrected chi connectivity index (χ0v) is 5.84. The predicted molar refractivity (Wildman–Crippen MR) is 36.4 cm³/mol. The second-order valence-corrected chi connectivity index (χ2v) is 2.07. The van der Waals surface area contributed by atoms with Crippen molar-refractivity contribution in [2.75, 3.05) is 0 Å². The molecule has 0 bridgehead atoms. The molecule has 1 heterocycles. The topological polar surface area (TPSA) is 49.6 Å². The van der Waals surface area contributed by atoms with E-state index in [9.17, 15) is 0 Å². The van der Waals surface area contributed by atoms with E-state index in [-0.39, 0.29) is 6.42 Å². The number of aromatic nitrogens is 2. The van der Waals surface area contributed by atoms with Gasteiger partial charge in [-0.1, -0.05) is 11.6 Å². The maximum atomic E-state index is 8.27. The molecule has 0 radical (unpaired) electrons. The van der Waals surface area contributed by atoms with Gasteiger partial charge in [-0.2, -0.15) is 15.5 Å². The summed E-state index contributed by atoms with van der Waals surface area (Å²) in [6, 6.07) is 3.55. The second kappa shape index (κ2) is 3.14. The van der Waals surface area contributed by atoms with Crippen molar-refractivity contribution < 1.29 is 0 Å².